The lowest BCUT2D eigenvalue weighted by Gasteiger charge is -2.33. The van der Waals surface area contributed by atoms with Gasteiger partial charge in [0, 0.05) is 37.9 Å². The van der Waals surface area contributed by atoms with Crippen LogP contribution in [0.1, 0.15) is 50.4 Å². The molecule has 0 radical (unpaired) electrons. The fourth-order valence-corrected chi connectivity index (χ4v) is 2.95. The Morgan fingerprint density at radius 2 is 1.88 bits per heavy atom. The second-order valence-corrected chi connectivity index (χ2v) is 7.60. The molecule has 0 spiro atoms. The van der Waals surface area contributed by atoms with E-state index in [4.69, 9.17) is 4.74 Å². The number of carbonyl (C=O) groups excluding carboxylic acids is 1. The van der Waals surface area contributed by atoms with Crippen LogP contribution in [0.2, 0.25) is 0 Å². The molecule has 0 aliphatic carbocycles. The monoisotopic (exact) mass is 333 g/mol. The van der Waals surface area contributed by atoms with Gasteiger partial charge in [-0.2, -0.15) is 0 Å². The maximum atomic E-state index is 12.1. The molecule has 1 aromatic rings. The molecule has 1 atom stereocenters. The van der Waals surface area contributed by atoms with Crippen molar-refractivity contribution in [2.75, 3.05) is 31.5 Å². The molecule has 5 nitrogen and oxygen atoms in total. The molecule has 134 valence electrons. The summed E-state index contributed by atoms with van der Waals surface area (Å²) in [6.07, 6.45) is -0.406. The second kappa shape index (κ2) is 7.53. The van der Waals surface area contributed by atoms with Crippen molar-refractivity contribution in [2.45, 2.75) is 53.2 Å². The highest BCUT2D eigenvalue weighted by atomic mass is 16.6. The molecule has 24 heavy (non-hydrogen) atoms. The van der Waals surface area contributed by atoms with Gasteiger partial charge in [-0.3, -0.25) is 10.2 Å². The predicted molar refractivity (Wildman–Crippen MR) is 98.6 cm³/mol. The number of piperazine rings is 1. The third kappa shape index (κ3) is 4.95. The van der Waals surface area contributed by atoms with Gasteiger partial charge in [-0.1, -0.05) is 6.07 Å². The maximum absolute atomic E-state index is 12.1. The summed E-state index contributed by atoms with van der Waals surface area (Å²) in [5.41, 5.74) is 3.82. The van der Waals surface area contributed by atoms with Crippen LogP contribution in [0.5, 0.6) is 0 Å². The number of benzene rings is 1. The maximum Gasteiger partial charge on any atom is 0.412 e. The molecule has 1 aromatic carbocycles. The number of carbonyl (C=O) groups is 1. The number of nitrogens with zero attached hydrogens (tertiary/aromatic N) is 1. The van der Waals surface area contributed by atoms with E-state index in [0.717, 1.165) is 37.4 Å². The minimum absolute atomic E-state index is 0.325. The summed E-state index contributed by atoms with van der Waals surface area (Å²) in [5.74, 6) is 0. The number of hydrogen-bond acceptors (Lipinski definition) is 4. The highest BCUT2D eigenvalue weighted by Gasteiger charge is 2.21. The zero-order valence-corrected chi connectivity index (χ0v) is 15.8. The van der Waals surface area contributed by atoms with E-state index in [1.807, 2.05) is 27.7 Å². The van der Waals surface area contributed by atoms with Crippen LogP contribution in [0.25, 0.3) is 0 Å². The molecule has 1 aliphatic heterocycles. The Kier molecular flexibility index (Phi) is 5.88. The second-order valence-electron chi connectivity index (χ2n) is 7.60. The largest absolute Gasteiger partial charge is 0.444 e. The molecule has 0 bridgehead atoms. The standard InChI is InChI=1S/C19H31N3O2/c1-13-11-16(15(3)22-9-7-20-8-10-22)12-17(14(13)2)21-18(23)24-19(4,5)6/h11-12,15,20H,7-10H2,1-6H3,(H,21,23). The van der Waals surface area contributed by atoms with Crippen molar-refractivity contribution < 1.29 is 9.53 Å². The number of hydrogen-bond donors (Lipinski definition) is 2. The van der Waals surface area contributed by atoms with Crippen LogP contribution in [0.3, 0.4) is 0 Å². The van der Waals surface area contributed by atoms with Crippen LogP contribution in [-0.2, 0) is 4.74 Å². The third-order valence-electron chi connectivity index (χ3n) is 4.51. The van der Waals surface area contributed by atoms with Gasteiger partial charge in [-0.15, -0.1) is 0 Å². The molecule has 5 heteroatoms. The highest BCUT2D eigenvalue weighted by molar-refractivity contribution is 5.86. The van der Waals surface area contributed by atoms with E-state index in [2.05, 4.69) is 41.5 Å². The van der Waals surface area contributed by atoms with Crippen LogP contribution < -0.4 is 10.6 Å². The molecule has 0 aromatic heterocycles. The lowest BCUT2D eigenvalue weighted by atomic mass is 9.98. The van der Waals surface area contributed by atoms with Crippen molar-refractivity contribution in [3.63, 3.8) is 0 Å². The number of ether oxygens (including phenoxy) is 1. The first-order chi connectivity index (χ1) is 11.2. The van der Waals surface area contributed by atoms with Crippen molar-refractivity contribution in [3.8, 4) is 0 Å². The molecule has 0 saturated carbocycles. The van der Waals surface area contributed by atoms with Gasteiger partial charge < -0.3 is 10.1 Å². The molecule has 2 N–H and O–H groups in total. The Bertz CT molecular complexity index is 587. The van der Waals surface area contributed by atoms with Crippen LogP contribution in [0.15, 0.2) is 12.1 Å². The minimum atomic E-state index is -0.501. The summed E-state index contributed by atoms with van der Waals surface area (Å²) in [6, 6.07) is 4.63. The summed E-state index contributed by atoms with van der Waals surface area (Å²) in [4.78, 5) is 14.6. The number of nitrogens with one attached hydrogen (secondary N) is 2. The Balaban J connectivity index is 2.19. The molecule has 1 fully saturated rings. The number of rotatable bonds is 3. The average Bonchev–Trinajstić information content (AvgIpc) is 2.50. The van der Waals surface area contributed by atoms with Crippen molar-refractivity contribution in [3.05, 3.63) is 28.8 Å². The van der Waals surface area contributed by atoms with E-state index in [1.165, 1.54) is 11.1 Å². The summed E-state index contributed by atoms with van der Waals surface area (Å²) in [5, 5.41) is 6.30. The van der Waals surface area contributed by atoms with Crippen LogP contribution in [0, 0.1) is 13.8 Å². The molecule has 1 amide bonds. The number of amides is 1. The first-order valence-electron chi connectivity index (χ1n) is 8.73. The van der Waals surface area contributed by atoms with E-state index >= 15 is 0 Å². The molecule has 1 saturated heterocycles. The normalized spacial score (nSPS) is 17.4. The molecule has 1 aliphatic rings. The zero-order chi connectivity index (χ0) is 17.9. The lowest BCUT2D eigenvalue weighted by Crippen LogP contribution is -2.44. The molecular formula is C19H31N3O2. The molecule has 1 unspecified atom stereocenters. The van der Waals surface area contributed by atoms with Crippen molar-refractivity contribution >= 4 is 11.8 Å². The fourth-order valence-electron chi connectivity index (χ4n) is 2.95. The van der Waals surface area contributed by atoms with Gasteiger partial charge in [0.15, 0.2) is 0 Å². The third-order valence-corrected chi connectivity index (χ3v) is 4.51. The van der Waals surface area contributed by atoms with E-state index < -0.39 is 11.7 Å². The van der Waals surface area contributed by atoms with Gasteiger partial charge in [-0.05, 0) is 64.3 Å². The molecule has 1 heterocycles. The minimum Gasteiger partial charge on any atom is -0.444 e. The van der Waals surface area contributed by atoms with Crippen molar-refractivity contribution in [1.82, 2.24) is 10.2 Å². The fraction of sp³-hybridized carbons (Fsp3) is 0.632. The number of anilines is 1. The van der Waals surface area contributed by atoms with Gasteiger partial charge in [-0.25, -0.2) is 4.79 Å². The Hall–Kier alpha value is -1.59. The summed E-state index contributed by atoms with van der Waals surface area (Å²) in [7, 11) is 0. The molecular weight excluding hydrogens is 302 g/mol. The average molecular weight is 333 g/mol. The van der Waals surface area contributed by atoms with Gasteiger partial charge in [0.25, 0.3) is 0 Å². The summed E-state index contributed by atoms with van der Waals surface area (Å²) in [6.45, 7) is 16.1. The summed E-state index contributed by atoms with van der Waals surface area (Å²) < 4.78 is 5.38. The van der Waals surface area contributed by atoms with Crippen LogP contribution in [0.4, 0.5) is 10.5 Å². The summed E-state index contributed by atoms with van der Waals surface area (Å²) >= 11 is 0. The number of aryl methyl sites for hydroxylation is 1. The SMILES string of the molecule is Cc1cc(C(C)N2CCNCC2)cc(NC(=O)OC(C)(C)C)c1C. The van der Waals surface area contributed by atoms with Crippen molar-refractivity contribution in [2.24, 2.45) is 0 Å². The van der Waals surface area contributed by atoms with E-state index in [9.17, 15) is 4.79 Å². The van der Waals surface area contributed by atoms with E-state index in [-0.39, 0.29) is 0 Å². The van der Waals surface area contributed by atoms with Gasteiger partial charge >= 0.3 is 6.09 Å². The van der Waals surface area contributed by atoms with E-state index in [0.29, 0.717) is 6.04 Å². The highest BCUT2D eigenvalue weighted by Crippen LogP contribution is 2.28. The van der Waals surface area contributed by atoms with Gasteiger partial charge in [0.2, 0.25) is 0 Å². The van der Waals surface area contributed by atoms with Crippen LogP contribution >= 0.6 is 0 Å². The quantitative estimate of drug-likeness (QED) is 0.887. The Morgan fingerprint density at radius 1 is 1.25 bits per heavy atom. The van der Waals surface area contributed by atoms with Crippen LogP contribution in [-0.4, -0.2) is 42.8 Å². The lowest BCUT2D eigenvalue weighted by molar-refractivity contribution is 0.0636. The Morgan fingerprint density at radius 3 is 2.46 bits per heavy atom. The predicted octanol–water partition coefficient (Wildman–Crippen LogP) is 3.62. The topological polar surface area (TPSA) is 53.6 Å². The zero-order valence-electron chi connectivity index (χ0n) is 15.8. The Labute approximate surface area is 145 Å². The molecule has 2 rings (SSSR count). The first kappa shape index (κ1) is 18.7. The first-order valence-corrected chi connectivity index (χ1v) is 8.73. The smallest absolute Gasteiger partial charge is 0.412 e. The van der Waals surface area contributed by atoms with Gasteiger partial charge in [0.05, 0.1) is 0 Å². The van der Waals surface area contributed by atoms with Crippen molar-refractivity contribution in [1.29, 1.82) is 0 Å². The van der Waals surface area contributed by atoms with Gasteiger partial charge in [0.1, 0.15) is 5.60 Å². The van der Waals surface area contributed by atoms with E-state index in [1.54, 1.807) is 0 Å².